The van der Waals surface area contributed by atoms with Crippen molar-refractivity contribution in [2.24, 2.45) is 5.92 Å². The fourth-order valence-corrected chi connectivity index (χ4v) is 3.00. The molecule has 24 heavy (non-hydrogen) atoms. The second kappa shape index (κ2) is 6.70. The van der Waals surface area contributed by atoms with Crippen LogP contribution >= 0.6 is 12.2 Å². The van der Waals surface area contributed by atoms with Gasteiger partial charge in [-0.3, -0.25) is 0 Å². The minimum Gasteiger partial charge on any atom is -0.360 e. The van der Waals surface area contributed by atoms with Crippen molar-refractivity contribution in [2.45, 2.75) is 44.8 Å². The zero-order chi connectivity index (χ0) is 17.3. The first kappa shape index (κ1) is 17.2. The van der Waals surface area contributed by atoms with Gasteiger partial charge in [-0.05, 0) is 43.8 Å². The number of nitrogens with zero attached hydrogens (tertiary/aromatic N) is 3. The number of halogens is 3. The molecule has 1 aromatic rings. The summed E-state index contributed by atoms with van der Waals surface area (Å²) in [5.74, 6) is 0.605. The minimum atomic E-state index is -4.53. The van der Waals surface area contributed by atoms with E-state index in [1.54, 1.807) is 0 Å². The molecule has 1 saturated carbocycles. The highest BCUT2D eigenvalue weighted by atomic mass is 32.1. The first-order valence-electron chi connectivity index (χ1n) is 8.10. The second-order valence-electron chi connectivity index (χ2n) is 6.50. The van der Waals surface area contributed by atoms with Crippen LogP contribution in [0.2, 0.25) is 0 Å². The lowest BCUT2D eigenvalue weighted by molar-refractivity contribution is -0.141. The summed E-state index contributed by atoms with van der Waals surface area (Å²) < 4.78 is 39.5. The van der Waals surface area contributed by atoms with Crippen LogP contribution in [-0.2, 0) is 6.18 Å². The zero-order valence-electron chi connectivity index (χ0n) is 13.4. The number of alkyl halides is 3. The van der Waals surface area contributed by atoms with Gasteiger partial charge in [0.15, 0.2) is 10.8 Å². The summed E-state index contributed by atoms with van der Waals surface area (Å²) in [7, 11) is 0. The Morgan fingerprint density at radius 3 is 2.67 bits per heavy atom. The number of hydrogen-bond acceptors (Lipinski definition) is 4. The molecule has 0 bridgehead atoms. The van der Waals surface area contributed by atoms with Crippen LogP contribution in [0.15, 0.2) is 6.07 Å². The zero-order valence-corrected chi connectivity index (χ0v) is 14.2. The maximum Gasteiger partial charge on any atom is 0.433 e. The van der Waals surface area contributed by atoms with Gasteiger partial charge < -0.3 is 15.5 Å². The van der Waals surface area contributed by atoms with Crippen LogP contribution in [0.1, 0.15) is 38.3 Å². The Kier molecular flexibility index (Phi) is 4.80. The molecule has 3 rings (SSSR count). The quantitative estimate of drug-likeness (QED) is 0.809. The van der Waals surface area contributed by atoms with Crippen LogP contribution < -0.4 is 15.5 Å². The SMILES string of the molecule is CC1CCCN(c2cc(C(F)(F)F)nc(NC(=S)NC3CC3)n2)C1. The molecule has 1 aliphatic heterocycles. The van der Waals surface area contributed by atoms with Crippen molar-refractivity contribution >= 4 is 29.1 Å². The van der Waals surface area contributed by atoms with E-state index in [2.05, 4.69) is 27.5 Å². The summed E-state index contributed by atoms with van der Waals surface area (Å²) in [5, 5.41) is 5.96. The van der Waals surface area contributed by atoms with Crippen molar-refractivity contribution in [3.8, 4) is 0 Å². The topological polar surface area (TPSA) is 53.1 Å². The molecule has 1 atom stereocenters. The van der Waals surface area contributed by atoms with Gasteiger partial charge in [0, 0.05) is 25.2 Å². The maximum absolute atomic E-state index is 13.2. The van der Waals surface area contributed by atoms with Crippen molar-refractivity contribution in [3.63, 3.8) is 0 Å². The number of thiocarbonyl (C=S) groups is 1. The number of rotatable bonds is 3. The van der Waals surface area contributed by atoms with E-state index in [-0.39, 0.29) is 11.1 Å². The van der Waals surface area contributed by atoms with E-state index in [1.807, 2.05) is 4.90 Å². The summed E-state index contributed by atoms with van der Waals surface area (Å²) in [5.41, 5.74) is -0.956. The van der Waals surface area contributed by atoms with Gasteiger partial charge in [-0.15, -0.1) is 0 Å². The van der Waals surface area contributed by atoms with E-state index in [9.17, 15) is 13.2 Å². The smallest absolute Gasteiger partial charge is 0.360 e. The molecule has 5 nitrogen and oxygen atoms in total. The van der Waals surface area contributed by atoms with E-state index in [4.69, 9.17) is 12.2 Å². The minimum absolute atomic E-state index is 0.115. The highest BCUT2D eigenvalue weighted by Gasteiger charge is 2.35. The van der Waals surface area contributed by atoms with Gasteiger partial charge in [-0.1, -0.05) is 6.92 Å². The molecule has 9 heteroatoms. The summed E-state index contributed by atoms with van der Waals surface area (Å²) >= 11 is 5.11. The number of hydrogen-bond donors (Lipinski definition) is 2. The van der Waals surface area contributed by atoms with Gasteiger partial charge in [-0.25, -0.2) is 4.98 Å². The third-order valence-electron chi connectivity index (χ3n) is 4.12. The van der Waals surface area contributed by atoms with E-state index in [1.165, 1.54) is 0 Å². The first-order valence-corrected chi connectivity index (χ1v) is 8.51. The average molecular weight is 359 g/mol. The molecule has 0 aromatic carbocycles. The highest BCUT2D eigenvalue weighted by Crippen LogP contribution is 2.31. The Morgan fingerprint density at radius 2 is 2.04 bits per heavy atom. The summed E-state index contributed by atoms with van der Waals surface area (Å²) in [6.07, 6.45) is -0.476. The Balaban J connectivity index is 1.83. The van der Waals surface area contributed by atoms with Crippen molar-refractivity contribution in [3.05, 3.63) is 11.8 Å². The number of anilines is 2. The molecule has 0 amide bonds. The van der Waals surface area contributed by atoms with Crippen LogP contribution in [0.4, 0.5) is 24.9 Å². The number of nitrogens with one attached hydrogen (secondary N) is 2. The normalized spacial score (nSPS) is 21.5. The molecule has 0 spiro atoms. The third kappa shape index (κ3) is 4.46. The fraction of sp³-hybridized carbons (Fsp3) is 0.667. The predicted octanol–water partition coefficient (Wildman–Crippen LogP) is 3.18. The average Bonchev–Trinajstić information content (AvgIpc) is 3.29. The summed E-state index contributed by atoms with van der Waals surface area (Å²) in [4.78, 5) is 9.72. The van der Waals surface area contributed by atoms with Crippen LogP contribution in [0.25, 0.3) is 0 Å². The lowest BCUT2D eigenvalue weighted by atomic mass is 10.0. The highest BCUT2D eigenvalue weighted by molar-refractivity contribution is 7.80. The fourth-order valence-electron chi connectivity index (χ4n) is 2.75. The Bertz CT molecular complexity index is 618. The van der Waals surface area contributed by atoms with Gasteiger partial charge >= 0.3 is 6.18 Å². The summed E-state index contributed by atoms with van der Waals surface area (Å²) in [6.45, 7) is 3.48. The van der Waals surface area contributed by atoms with E-state index in [0.29, 0.717) is 30.9 Å². The van der Waals surface area contributed by atoms with Gasteiger partial charge in [-0.2, -0.15) is 18.2 Å². The van der Waals surface area contributed by atoms with E-state index in [0.717, 1.165) is 31.7 Å². The standard InChI is InChI=1S/C15H20F3N5S/c1-9-3-2-6-23(8-9)12-7-11(15(16,17)18)20-13(21-12)22-14(24)19-10-4-5-10/h7,9-10H,2-6,8H2,1H3,(H2,19,20,21,22,24). The molecule has 0 radical (unpaired) electrons. The second-order valence-corrected chi connectivity index (χ2v) is 6.91. The van der Waals surface area contributed by atoms with Gasteiger partial charge in [0.1, 0.15) is 5.82 Å². The molecule has 1 saturated heterocycles. The number of aromatic nitrogens is 2. The monoisotopic (exact) mass is 359 g/mol. The molecule has 2 fully saturated rings. The molecule has 2 aliphatic rings. The Hall–Kier alpha value is -1.64. The lowest BCUT2D eigenvalue weighted by Crippen LogP contribution is -2.36. The third-order valence-corrected chi connectivity index (χ3v) is 4.34. The molecule has 1 aliphatic carbocycles. The molecule has 2 heterocycles. The lowest BCUT2D eigenvalue weighted by Gasteiger charge is -2.32. The largest absolute Gasteiger partial charge is 0.433 e. The van der Waals surface area contributed by atoms with E-state index < -0.39 is 11.9 Å². The van der Waals surface area contributed by atoms with Crippen molar-refractivity contribution in [1.82, 2.24) is 15.3 Å². The van der Waals surface area contributed by atoms with Crippen molar-refractivity contribution in [2.75, 3.05) is 23.3 Å². The van der Waals surface area contributed by atoms with Crippen LogP contribution in [0.3, 0.4) is 0 Å². The molecular weight excluding hydrogens is 339 g/mol. The Morgan fingerprint density at radius 1 is 1.29 bits per heavy atom. The van der Waals surface area contributed by atoms with Gasteiger partial charge in [0.25, 0.3) is 0 Å². The molecular formula is C15H20F3N5S. The van der Waals surface area contributed by atoms with Crippen LogP contribution in [0, 0.1) is 5.92 Å². The predicted molar refractivity (Wildman–Crippen MR) is 90.0 cm³/mol. The van der Waals surface area contributed by atoms with Crippen LogP contribution in [0.5, 0.6) is 0 Å². The van der Waals surface area contributed by atoms with E-state index >= 15 is 0 Å². The van der Waals surface area contributed by atoms with Gasteiger partial charge in [0.2, 0.25) is 5.95 Å². The molecule has 1 aromatic heterocycles. The molecule has 2 N–H and O–H groups in total. The van der Waals surface area contributed by atoms with Crippen molar-refractivity contribution in [1.29, 1.82) is 0 Å². The van der Waals surface area contributed by atoms with Gasteiger partial charge in [0.05, 0.1) is 0 Å². The maximum atomic E-state index is 13.2. The first-order chi connectivity index (χ1) is 11.3. The molecule has 132 valence electrons. The molecule has 1 unspecified atom stereocenters. The Labute approximate surface area is 144 Å². The van der Waals surface area contributed by atoms with Crippen LogP contribution in [-0.4, -0.2) is 34.2 Å². The van der Waals surface area contributed by atoms with Crippen molar-refractivity contribution < 1.29 is 13.2 Å². The number of piperidine rings is 1. The summed E-state index contributed by atoms with van der Waals surface area (Å²) in [6, 6.07) is 1.32.